The molecule has 18 heavy (non-hydrogen) atoms. The van der Waals surface area contributed by atoms with Gasteiger partial charge in [0.2, 0.25) is 0 Å². The van der Waals surface area contributed by atoms with Crippen LogP contribution in [0.2, 0.25) is 0 Å². The Morgan fingerprint density at radius 1 is 1.56 bits per heavy atom. The van der Waals surface area contributed by atoms with Gasteiger partial charge in [0.25, 0.3) is 0 Å². The lowest BCUT2D eigenvalue weighted by molar-refractivity contribution is 0.676. The van der Waals surface area contributed by atoms with Gasteiger partial charge in [-0.25, -0.2) is 0 Å². The standard InChI is InChI=1S/C12H14N4OS/c1-8-9(3-11(4-13)16(8)2)5-14-6-10-7-18-12(17)15-10/h3,7,14H,5-6H2,1-2H3,(H,15,17). The lowest BCUT2D eigenvalue weighted by atomic mass is 10.2. The highest BCUT2D eigenvalue weighted by atomic mass is 32.1. The fraction of sp³-hybridized carbons (Fsp3) is 0.333. The minimum atomic E-state index is -0.0329. The zero-order chi connectivity index (χ0) is 13.1. The number of hydrogen-bond donors (Lipinski definition) is 2. The third-order valence-corrected chi connectivity index (χ3v) is 3.67. The Bertz CT molecular complexity index is 644. The molecular formula is C12H14N4OS. The predicted octanol–water partition coefficient (Wildman–Crippen LogP) is 1.24. The molecule has 0 saturated heterocycles. The van der Waals surface area contributed by atoms with E-state index in [-0.39, 0.29) is 4.87 Å². The highest BCUT2D eigenvalue weighted by Gasteiger charge is 2.08. The summed E-state index contributed by atoms with van der Waals surface area (Å²) in [5, 5.41) is 14.0. The maximum absolute atomic E-state index is 11.0. The first-order valence-corrected chi connectivity index (χ1v) is 6.42. The monoisotopic (exact) mass is 262 g/mol. The second-order valence-electron chi connectivity index (χ2n) is 4.09. The Morgan fingerprint density at radius 2 is 2.33 bits per heavy atom. The van der Waals surface area contributed by atoms with Crippen LogP contribution < -0.4 is 10.2 Å². The van der Waals surface area contributed by atoms with E-state index in [1.165, 1.54) is 11.3 Å². The van der Waals surface area contributed by atoms with E-state index in [4.69, 9.17) is 5.26 Å². The Hall–Kier alpha value is -1.84. The second-order valence-corrected chi connectivity index (χ2v) is 4.93. The number of H-pyrrole nitrogens is 1. The van der Waals surface area contributed by atoms with Gasteiger partial charge in [-0.15, -0.1) is 0 Å². The van der Waals surface area contributed by atoms with Gasteiger partial charge in [0.1, 0.15) is 11.8 Å². The lowest BCUT2D eigenvalue weighted by Gasteiger charge is -2.03. The van der Waals surface area contributed by atoms with E-state index in [2.05, 4.69) is 16.4 Å². The fourth-order valence-corrected chi connectivity index (χ4v) is 2.36. The maximum atomic E-state index is 11.0. The summed E-state index contributed by atoms with van der Waals surface area (Å²) in [4.78, 5) is 13.7. The summed E-state index contributed by atoms with van der Waals surface area (Å²) in [7, 11) is 1.88. The molecule has 2 heterocycles. The number of nitrogens with zero attached hydrogens (tertiary/aromatic N) is 2. The highest BCUT2D eigenvalue weighted by molar-refractivity contribution is 7.07. The van der Waals surface area contributed by atoms with E-state index in [0.717, 1.165) is 17.0 Å². The molecule has 2 aromatic rings. The van der Waals surface area contributed by atoms with Crippen molar-refractivity contribution in [3.63, 3.8) is 0 Å². The average molecular weight is 262 g/mol. The van der Waals surface area contributed by atoms with Crippen molar-refractivity contribution in [3.8, 4) is 6.07 Å². The zero-order valence-electron chi connectivity index (χ0n) is 10.3. The molecule has 0 aliphatic rings. The Morgan fingerprint density at radius 3 is 2.89 bits per heavy atom. The normalized spacial score (nSPS) is 10.5. The minimum absolute atomic E-state index is 0.0329. The van der Waals surface area contributed by atoms with E-state index in [1.54, 1.807) is 0 Å². The topological polar surface area (TPSA) is 73.6 Å². The van der Waals surface area contributed by atoms with Gasteiger partial charge < -0.3 is 14.9 Å². The van der Waals surface area contributed by atoms with E-state index >= 15 is 0 Å². The van der Waals surface area contributed by atoms with Crippen LogP contribution in [0.25, 0.3) is 0 Å². The molecular weight excluding hydrogens is 248 g/mol. The molecule has 0 amide bonds. The van der Waals surface area contributed by atoms with E-state index in [1.807, 2.05) is 30.0 Å². The van der Waals surface area contributed by atoms with Crippen molar-refractivity contribution >= 4 is 11.3 Å². The van der Waals surface area contributed by atoms with Crippen molar-refractivity contribution in [3.05, 3.63) is 43.8 Å². The van der Waals surface area contributed by atoms with Gasteiger partial charge >= 0.3 is 4.87 Å². The molecule has 0 bridgehead atoms. The van der Waals surface area contributed by atoms with Crippen LogP contribution in [-0.4, -0.2) is 9.55 Å². The van der Waals surface area contributed by atoms with Crippen LogP contribution in [0, 0.1) is 18.3 Å². The van der Waals surface area contributed by atoms with Gasteiger partial charge in [-0.3, -0.25) is 4.79 Å². The zero-order valence-corrected chi connectivity index (χ0v) is 11.1. The van der Waals surface area contributed by atoms with Crippen LogP contribution in [0.1, 0.15) is 22.6 Å². The fourth-order valence-electron chi connectivity index (χ4n) is 1.78. The molecule has 0 spiro atoms. The molecule has 6 heteroatoms. The van der Waals surface area contributed by atoms with E-state index in [0.29, 0.717) is 18.8 Å². The first-order chi connectivity index (χ1) is 8.61. The van der Waals surface area contributed by atoms with Crippen LogP contribution in [0.4, 0.5) is 0 Å². The van der Waals surface area contributed by atoms with Gasteiger partial charge in [0, 0.05) is 36.9 Å². The summed E-state index contributed by atoms with van der Waals surface area (Å²) >= 11 is 1.17. The number of rotatable bonds is 4. The molecule has 0 saturated carbocycles. The Balaban J connectivity index is 1.99. The number of nitrogens with one attached hydrogen (secondary N) is 2. The first-order valence-electron chi connectivity index (χ1n) is 5.54. The van der Waals surface area contributed by atoms with Crippen LogP contribution in [0.3, 0.4) is 0 Å². The van der Waals surface area contributed by atoms with Crippen molar-refractivity contribution in [2.24, 2.45) is 7.05 Å². The highest BCUT2D eigenvalue weighted by Crippen LogP contribution is 2.13. The molecule has 5 nitrogen and oxygen atoms in total. The Kier molecular flexibility index (Phi) is 3.65. The molecule has 0 radical (unpaired) electrons. The smallest absolute Gasteiger partial charge is 0.304 e. The summed E-state index contributed by atoms with van der Waals surface area (Å²) in [5.74, 6) is 0. The van der Waals surface area contributed by atoms with Gasteiger partial charge in [0.05, 0.1) is 0 Å². The van der Waals surface area contributed by atoms with Crippen LogP contribution in [0.15, 0.2) is 16.2 Å². The summed E-state index contributed by atoms with van der Waals surface area (Å²) in [5.41, 5.74) is 3.73. The number of nitriles is 1. The molecule has 0 unspecified atom stereocenters. The molecule has 2 aromatic heterocycles. The second kappa shape index (κ2) is 5.21. The molecule has 2 N–H and O–H groups in total. The average Bonchev–Trinajstić information content (AvgIpc) is 2.88. The number of aromatic amines is 1. The Labute approximate surface area is 109 Å². The molecule has 0 aromatic carbocycles. The van der Waals surface area contributed by atoms with Crippen molar-refractivity contribution in [2.75, 3.05) is 0 Å². The van der Waals surface area contributed by atoms with Gasteiger partial charge in [-0.1, -0.05) is 11.3 Å². The minimum Gasteiger partial charge on any atom is -0.340 e. The lowest BCUT2D eigenvalue weighted by Crippen LogP contribution is -2.14. The van der Waals surface area contributed by atoms with Gasteiger partial charge in [0.15, 0.2) is 0 Å². The van der Waals surface area contributed by atoms with E-state index in [9.17, 15) is 4.79 Å². The predicted molar refractivity (Wildman–Crippen MR) is 70.3 cm³/mol. The van der Waals surface area contributed by atoms with E-state index < -0.39 is 0 Å². The maximum Gasteiger partial charge on any atom is 0.304 e. The van der Waals surface area contributed by atoms with Crippen LogP contribution in [0.5, 0.6) is 0 Å². The molecule has 0 atom stereocenters. The third kappa shape index (κ3) is 2.53. The summed E-state index contributed by atoms with van der Waals surface area (Å²) in [6.45, 7) is 3.29. The molecule has 0 aliphatic heterocycles. The number of thiazole rings is 1. The molecule has 0 aliphatic carbocycles. The van der Waals surface area contributed by atoms with Crippen molar-refractivity contribution in [2.45, 2.75) is 20.0 Å². The molecule has 0 fully saturated rings. The third-order valence-electron chi connectivity index (χ3n) is 2.96. The number of aromatic nitrogens is 2. The van der Waals surface area contributed by atoms with Crippen molar-refractivity contribution in [1.29, 1.82) is 5.26 Å². The van der Waals surface area contributed by atoms with Crippen molar-refractivity contribution < 1.29 is 0 Å². The molecule has 2 rings (SSSR count). The van der Waals surface area contributed by atoms with Gasteiger partial charge in [-0.05, 0) is 18.6 Å². The van der Waals surface area contributed by atoms with Crippen LogP contribution in [-0.2, 0) is 20.1 Å². The van der Waals surface area contributed by atoms with Gasteiger partial charge in [-0.2, -0.15) is 5.26 Å². The van der Waals surface area contributed by atoms with Crippen molar-refractivity contribution in [1.82, 2.24) is 14.9 Å². The van der Waals surface area contributed by atoms with Crippen LogP contribution >= 0.6 is 11.3 Å². The summed E-state index contributed by atoms with van der Waals surface area (Å²) in [6.07, 6.45) is 0. The summed E-state index contributed by atoms with van der Waals surface area (Å²) < 4.78 is 1.88. The first kappa shape index (κ1) is 12.6. The largest absolute Gasteiger partial charge is 0.340 e. The quantitative estimate of drug-likeness (QED) is 0.870. The number of hydrogen-bond acceptors (Lipinski definition) is 4. The SMILES string of the molecule is Cc1c(CNCc2csc(=O)[nH]2)cc(C#N)n1C. The molecule has 94 valence electrons. The summed E-state index contributed by atoms with van der Waals surface area (Å²) in [6, 6.07) is 4.04.